The van der Waals surface area contributed by atoms with Gasteiger partial charge in [-0.1, -0.05) is 12.1 Å². The Morgan fingerprint density at radius 3 is 2.73 bits per heavy atom. The third-order valence-corrected chi connectivity index (χ3v) is 6.60. The zero-order valence-corrected chi connectivity index (χ0v) is 17.7. The minimum Gasteiger partial charge on any atom is -0.492 e. The number of carbonyl (C=O) groups excluding carboxylic acids is 1. The van der Waals surface area contributed by atoms with E-state index in [0.29, 0.717) is 34.8 Å². The molecular weight excluding hydrogens is 402 g/mol. The summed E-state index contributed by atoms with van der Waals surface area (Å²) in [6, 6.07) is 9.18. The number of nitrogens with one attached hydrogen (secondary N) is 2. The summed E-state index contributed by atoms with van der Waals surface area (Å²) in [5, 5.41) is 4.80. The molecule has 7 nitrogen and oxygen atoms in total. The molecular formula is C22H25N3O4S. The number of nitrogens with zero attached hydrogens (tertiary/aromatic N) is 1. The van der Waals surface area contributed by atoms with E-state index in [9.17, 15) is 14.4 Å². The van der Waals surface area contributed by atoms with Crippen LogP contribution in [-0.4, -0.2) is 22.1 Å². The quantitative estimate of drug-likeness (QED) is 0.629. The van der Waals surface area contributed by atoms with E-state index in [1.54, 1.807) is 11.4 Å². The molecule has 0 bridgehead atoms. The van der Waals surface area contributed by atoms with Gasteiger partial charge < -0.3 is 15.0 Å². The predicted octanol–water partition coefficient (Wildman–Crippen LogP) is 3.60. The maximum Gasteiger partial charge on any atom is 0.328 e. The van der Waals surface area contributed by atoms with E-state index in [4.69, 9.17) is 4.74 Å². The second-order valence-corrected chi connectivity index (χ2v) is 8.56. The fraction of sp³-hybridized carbons (Fsp3) is 0.409. The number of fused-ring (bicyclic) bond motifs is 1. The summed E-state index contributed by atoms with van der Waals surface area (Å²) in [6.45, 7) is 2.84. The molecule has 30 heavy (non-hydrogen) atoms. The van der Waals surface area contributed by atoms with Crippen molar-refractivity contribution < 1.29 is 9.53 Å². The van der Waals surface area contributed by atoms with Gasteiger partial charge in [0.15, 0.2) is 0 Å². The molecule has 1 aliphatic carbocycles. The zero-order chi connectivity index (χ0) is 21.1. The summed E-state index contributed by atoms with van der Waals surface area (Å²) in [5.74, 6) is 0.798. The smallest absolute Gasteiger partial charge is 0.328 e. The summed E-state index contributed by atoms with van der Waals surface area (Å²) < 4.78 is 7.46. The number of H-pyrrole nitrogens is 1. The maximum absolute atomic E-state index is 12.7. The van der Waals surface area contributed by atoms with Gasteiger partial charge in [-0.3, -0.25) is 14.2 Å². The van der Waals surface area contributed by atoms with Crippen molar-refractivity contribution in [3.63, 3.8) is 0 Å². The van der Waals surface area contributed by atoms with E-state index >= 15 is 0 Å². The van der Waals surface area contributed by atoms with E-state index in [2.05, 4.69) is 10.3 Å². The van der Waals surface area contributed by atoms with Crippen LogP contribution in [0.3, 0.4) is 0 Å². The van der Waals surface area contributed by atoms with Gasteiger partial charge in [0, 0.05) is 12.5 Å². The van der Waals surface area contributed by atoms with Gasteiger partial charge in [0.2, 0.25) is 5.91 Å². The van der Waals surface area contributed by atoms with Crippen LogP contribution >= 0.6 is 11.3 Å². The summed E-state index contributed by atoms with van der Waals surface area (Å²) in [5.41, 5.74) is 0.696. The largest absolute Gasteiger partial charge is 0.492 e. The SMILES string of the molecule is CCOc1ccccc1NC(=O)C1CCC(Cn2c(=O)[nH]c3ccsc3c2=O)CC1. The minimum absolute atomic E-state index is 0.00405. The predicted molar refractivity (Wildman–Crippen MR) is 118 cm³/mol. The van der Waals surface area contributed by atoms with Crippen molar-refractivity contribution in [2.24, 2.45) is 11.8 Å². The summed E-state index contributed by atoms with van der Waals surface area (Å²) >= 11 is 1.34. The Morgan fingerprint density at radius 2 is 1.97 bits per heavy atom. The minimum atomic E-state index is -0.363. The van der Waals surface area contributed by atoms with Crippen molar-refractivity contribution in [3.05, 3.63) is 56.5 Å². The number of anilines is 1. The lowest BCUT2D eigenvalue weighted by molar-refractivity contribution is -0.121. The fourth-order valence-electron chi connectivity index (χ4n) is 4.09. The van der Waals surface area contributed by atoms with Crippen LogP contribution < -0.4 is 21.3 Å². The Hall–Kier alpha value is -2.87. The van der Waals surface area contributed by atoms with Crippen molar-refractivity contribution in [1.29, 1.82) is 0 Å². The molecule has 1 aromatic carbocycles. The Labute approximate surface area is 177 Å². The topological polar surface area (TPSA) is 93.2 Å². The first-order chi connectivity index (χ1) is 14.6. The molecule has 3 aromatic rings. The van der Waals surface area contributed by atoms with E-state index in [0.717, 1.165) is 25.7 Å². The molecule has 1 fully saturated rings. The van der Waals surface area contributed by atoms with Gasteiger partial charge in [-0.25, -0.2) is 4.79 Å². The summed E-state index contributed by atoms with van der Waals surface area (Å²) in [7, 11) is 0. The first-order valence-corrected chi connectivity index (χ1v) is 11.2. The highest BCUT2D eigenvalue weighted by Gasteiger charge is 2.27. The lowest BCUT2D eigenvalue weighted by Gasteiger charge is -2.28. The lowest BCUT2D eigenvalue weighted by atomic mass is 9.81. The fourth-order valence-corrected chi connectivity index (χ4v) is 4.89. The van der Waals surface area contributed by atoms with Crippen molar-refractivity contribution in [2.75, 3.05) is 11.9 Å². The van der Waals surface area contributed by atoms with E-state index < -0.39 is 0 Å². The van der Waals surface area contributed by atoms with E-state index in [-0.39, 0.29) is 29.0 Å². The van der Waals surface area contributed by atoms with Crippen molar-refractivity contribution in [2.45, 2.75) is 39.2 Å². The number of rotatable bonds is 6. The molecule has 4 rings (SSSR count). The third-order valence-electron chi connectivity index (χ3n) is 5.69. The van der Waals surface area contributed by atoms with Crippen LogP contribution in [0.1, 0.15) is 32.6 Å². The molecule has 1 saturated carbocycles. The average molecular weight is 428 g/mol. The van der Waals surface area contributed by atoms with Gasteiger partial charge in [-0.2, -0.15) is 0 Å². The van der Waals surface area contributed by atoms with Gasteiger partial charge in [0.25, 0.3) is 5.56 Å². The highest BCUT2D eigenvalue weighted by Crippen LogP contribution is 2.32. The Morgan fingerprint density at radius 1 is 1.20 bits per heavy atom. The molecule has 1 aliphatic rings. The number of hydrogen-bond donors (Lipinski definition) is 2. The van der Waals surface area contributed by atoms with Crippen LogP contribution in [0.5, 0.6) is 5.75 Å². The normalized spacial score (nSPS) is 19.0. The molecule has 0 aliphatic heterocycles. The number of ether oxygens (including phenoxy) is 1. The van der Waals surface area contributed by atoms with Gasteiger partial charge in [-0.05, 0) is 62.1 Å². The number of aromatic amines is 1. The van der Waals surface area contributed by atoms with Crippen LogP contribution in [0.15, 0.2) is 45.3 Å². The number of hydrogen-bond acceptors (Lipinski definition) is 5. The van der Waals surface area contributed by atoms with E-state index in [1.807, 2.05) is 31.2 Å². The molecule has 0 atom stereocenters. The van der Waals surface area contributed by atoms with Gasteiger partial charge >= 0.3 is 5.69 Å². The van der Waals surface area contributed by atoms with Crippen LogP contribution in [0.25, 0.3) is 10.2 Å². The molecule has 158 valence electrons. The third kappa shape index (κ3) is 4.18. The molecule has 0 radical (unpaired) electrons. The van der Waals surface area contributed by atoms with Gasteiger partial charge in [0.1, 0.15) is 10.4 Å². The second-order valence-electron chi connectivity index (χ2n) is 7.65. The Bertz CT molecular complexity index is 1150. The van der Waals surface area contributed by atoms with Gasteiger partial charge in [-0.15, -0.1) is 11.3 Å². The molecule has 0 unspecified atom stereocenters. The number of carbonyl (C=O) groups is 1. The maximum atomic E-state index is 12.7. The summed E-state index contributed by atoms with van der Waals surface area (Å²) in [4.78, 5) is 40.5. The number of para-hydroxylation sites is 2. The first kappa shape index (κ1) is 20.4. The van der Waals surface area contributed by atoms with E-state index in [1.165, 1.54) is 15.9 Å². The molecule has 2 heterocycles. The molecule has 1 amide bonds. The first-order valence-electron chi connectivity index (χ1n) is 10.3. The zero-order valence-electron chi connectivity index (χ0n) is 16.8. The van der Waals surface area contributed by atoms with Crippen LogP contribution in [0, 0.1) is 11.8 Å². The van der Waals surface area contributed by atoms with Crippen LogP contribution in [0.4, 0.5) is 5.69 Å². The Kier molecular flexibility index (Phi) is 6.03. The molecule has 8 heteroatoms. The summed E-state index contributed by atoms with van der Waals surface area (Å²) in [6.07, 6.45) is 3.08. The average Bonchev–Trinajstić information content (AvgIpc) is 3.21. The van der Waals surface area contributed by atoms with Crippen LogP contribution in [0.2, 0.25) is 0 Å². The van der Waals surface area contributed by atoms with Gasteiger partial charge in [0.05, 0.1) is 17.8 Å². The number of amides is 1. The highest BCUT2D eigenvalue weighted by molar-refractivity contribution is 7.17. The molecule has 0 saturated heterocycles. The standard InChI is InChI=1S/C22H25N3O4S/c1-2-29-18-6-4-3-5-16(18)23-20(26)15-9-7-14(8-10-15)13-25-21(27)19-17(11-12-30-19)24-22(25)28/h3-6,11-12,14-15H,2,7-10,13H2,1H3,(H,23,26)(H,24,28). The number of benzene rings is 1. The highest BCUT2D eigenvalue weighted by atomic mass is 32.1. The van der Waals surface area contributed by atoms with Crippen molar-refractivity contribution in [1.82, 2.24) is 9.55 Å². The van der Waals surface area contributed by atoms with Crippen molar-refractivity contribution >= 4 is 33.1 Å². The molecule has 0 spiro atoms. The monoisotopic (exact) mass is 427 g/mol. The number of thiophene rings is 1. The molecule has 2 aromatic heterocycles. The number of aromatic nitrogens is 2. The lowest BCUT2D eigenvalue weighted by Crippen LogP contribution is -2.38. The Balaban J connectivity index is 1.38. The van der Waals surface area contributed by atoms with Crippen LogP contribution in [-0.2, 0) is 11.3 Å². The van der Waals surface area contributed by atoms with Crippen molar-refractivity contribution in [3.8, 4) is 5.75 Å². The molecule has 2 N–H and O–H groups in total. The second kappa shape index (κ2) is 8.87.